The maximum Gasteiger partial charge on any atom is 0.305 e. The summed E-state index contributed by atoms with van der Waals surface area (Å²) in [6.45, 7) is 9.78. The van der Waals surface area contributed by atoms with Gasteiger partial charge in [-0.2, -0.15) is 0 Å². The van der Waals surface area contributed by atoms with Gasteiger partial charge >= 0.3 is 5.97 Å². The zero-order valence-corrected chi connectivity index (χ0v) is 20.4. The van der Waals surface area contributed by atoms with Gasteiger partial charge in [-0.1, -0.05) is 29.5 Å². The molecule has 0 aromatic heterocycles. The highest BCUT2D eigenvalue weighted by atomic mass is 127. The second-order valence-electron chi connectivity index (χ2n) is 5.95. The number of hydrogen-bond donors (Lipinski definition) is 0. The van der Waals surface area contributed by atoms with E-state index in [0.717, 1.165) is 17.5 Å². The second-order valence-corrected chi connectivity index (χ2v) is 7.02. The molecule has 10 heteroatoms. The lowest BCUT2D eigenvalue weighted by molar-refractivity contribution is -0.145. The number of hydrogen-bond acceptors (Lipinski definition) is 9. The minimum absolute atomic E-state index is 0.181. The van der Waals surface area contributed by atoms with Crippen molar-refractivity contribution in [3.05, 3.63) is 0 Å². The van der Waals surface area contributed by atoms with Crippen LogP contribution < -0.4 is 0 Å². The number of rotatable bonds is 25. The van der Waals surface area contributed by atoms with Crippen LogP contribution in [0, 0.1) is 0 Å². The largest absolute Gasteiger partial charge is 0.463 e. The molecule has 0 aliphatic carbocycles. The third-order valence-corrected chi connectivity index (χ3v) is 3.84. The highest BCUT2D eigenvalue weighted by molar-refractivity contribution is 14.1. The molecule has 0 aliphatic rings. The predicted molar refractivity (Wildman–Crippen MR) is 120 cm³/mol. The van der Waals surface area contributed by atoms with Crippen LogP contribution in [0.5, 0.6) is 0 Å². The Labute approximate surface area is 194 Å². The number of alkyl halides is 1. The highest BCUT2D eigenvalue weighted by Crippen LogP contribution is 1.91. The quantitative estimate of drug-likeness (QED) is 0.0732. The first-order valence-electron chi connectivity index (χ1n) is 10.6. The lowest BCUT2D eigenvalue weighted by Crippen LogP contribution is -2.15. The first-order valence-corrected chi connectivity index (χ1v) is 12.1. The van der Waals surface area contributed by atoms with Crippen molar-refractivity contribution in [2.24, 2.45) is 0 Å². The standard InChI is InChI=1S/C20H39IO9/c1-2-3-20(22)30-19-18-29-17-16-28-15-14-27-13-12-26-11-10-25-9-8-24-7-6-23-5-4-21/h2-19H2,1H3. The monoisotopic (exact) mass is 550 g/mol. The summed E-state index contributed by atoms with van der Waals surface area (Å²) in [5, 5.41) is 0. The molecule has 0 radical (unpaired) electrons. The SMILES string of the molecule is CCCC(=O)OCCOCCOCCOCCOCCOCCOCCOCCI. The average Bonchev–Trinajstić information content (AvgIpc) is 2.74. The third kappa shape index (κ3) is 26.0. The molecule has 0 saturated carbocycles. The second kappa shape index (κ2) is 27.0. The van der Waals surface area contributed by atoms with Crippen molar-refractivity contribution in [2.45, 2.75) is 19.8 Å². The lowest BCUT2D eigenvalue weighted by Gasteiger charge is -2.08. The van der Waals surface area contributed by atoms with E-state index in [1.54, 1.807) is 0 Å². The molecule has 0 N–H and O–H groups in total. The van der Waals surface area contributed by atoms with Gasteiger partial charge in [0, 0.05) is 10.8 Å². The molecule has 0 saturated heterocycles. The van der Waals surface area contributed by atoms with E-state index in [0.29, 0.717) is 92.3 Å². The summed E-state index contributed by atoms with van der Waals surface area (Å²) in [6.07, 6.45) is 1.24. The summed E-state index contributed by atoms with van der Waals surface area (Å²) in [6, 6.07) is 0. The molecule has 0 unspecified atom stereocenters. The van der Waals surface area contributed by atoms with Crippen LogP contribution >= 0.6 is 22.6 Å². The van der Waals surface area contributed by atoms with Crippen LogP contribution in [-0.2, 0) is 42.7 Å². The van der Waals surface area contributed by atoms with Crippen LogP contribution in [0.4, 0.5) is 0 Å². The van der Waals surface area contributed by atoms with Crippen molar-refractivity contribution in [1.29, 1.82) is 0 Å². The molecule has 0 atom stereocenters. The summed E-state index contributed by atoms with van der Waals surface area (Å²) in [5.41, 5.74) is 0. The fourth-order valence-corrected chi connectivity index (χ4v) is 2.28. The van der Waals surface area contributed by atoms with E-state index in [4.69, 9.17) is 37.9 Å². The van der Waals surface area contributed by atoms with Crippen molar-refractivity contribution in [1.82, 2.24) is 0 Å². The van der Waals surface area contributed by atoms with Crippen LogP contribution in [0.1, 0.15) is 19.8 Å². The van der Waals surface area contributed by atoms with Gasteiger partial charge in [0.15, 0.2) is 0 Å². The molecule has 0 spiro atoms. The molecule has 0 aromatic carbocycles. The fraction of sp³-hybridized carbons (Fsp3) is 0.950. The maximum absolute atomic E-state index is 11.1. The van der Waals surface area contributed by atoms with Crippen LogP contribution in [-0.4, -0.2) is 110 Å². The Morgan fingerprint density at radius 3 is 1.13 bits per heavy atom. The lowest BCUT2D eigenvalue weighted by atomic mass is 10.3. The fourth-order valence-electron chi connectivity index (χ4n) is 1.97. The summed E-state index contributed by atoms with van der Waals surface area (Å²) < 4.78 is 43.5. The molecule has 30 heavy (non-hydrogen) atoms. The Morgan fingerprint density at radius 2 is 0.833 bits per heavy atom. The van der Waals surface area contributed by atoms with Crippen LogP contribution in [0.3, 0.4) is 0 Å². The molecule has 9 nitrogen and oxygen atoms in total. The maximum atomic E-state index is 11.1. The van der Waals surface area contributed by atoms with Gasteiger partial charge in [0.2, 0.25) is 0 Å². The van der Waals surface area contributed by atoms with E-state index >= 15 is 0 Å². The smallest absolute Gasteiger partial charge is 0.305 e. The summed E-state index contributed by atoms with van der Waals surface area (Å²) in [5.74, 6) is -0.181. The third-order valence-electron chi connectivity index (χ3n) is 3.40. The number of esters is 1. The van der Waals surface area contributed by atoms with Gasteiger partial charge in [-0.15, -0.1) is 0 Å². The van der Waals surface area contributed by atoms with Gasteiger partial charge in [0.05, 0.1) is 92.5 Å². The first kappa shape index (κ1) is 29.9. The normalized spacial score (nSPS) is 11.1. The molecule has 180 valence electrons. The zero-order chi connectivity index (χ0) is 22.0. The number of carbonyl (C=O) groups is 1. The van der Waals surface area contributed by atoms with E-state index in [-0.39, 0.29) is 12.6 Å². The Bertz CT molecular complexity index is 348. The van der Waals surface area contributed by atoms with E-state index in [9.17, 15) is 4.79 Å². The molecule has 0 amide bonds. The molecular weight excluding hydrogens is 511 g/mol. The van der Waals surface area contributed by atoms with Gasteiger partial charge in [-0.25, -0.2) is 0 Å². The predicted octanol–water partition coefficient (Wildman–Crippen LogP) is 1.88. The average molecular weight is 550 g/mol. The number of carbonyl (C=O) groups excluding carboxylic acids is 1. The Morgan fingerprint density at radius 1 is 0.533 bits per heavy atom. The number of ether oxygens (including phenoxy) is 8. The molecule has 0 aromatic rings. The van der Waals surface area contributed by atoms with Gasteiger partial charge in [0.1, 0.15) is 6.61 Å². The van der Waals surface area contributed by atoms with E-state index in [1.807, 2.05) is 6.92 Å². The first-order chi connectivity index (χ1) is 14.8. The Balaban J connectivity index is 3.03. The van der Waals surface area contributed by atoms with E-state index in [1.165, 1.54) is 0 Å². The summed E-state index contributed by atoms with van der Waals surface area (Å²) in [4.78, 5) is 11.1. The van der Waals surface area contributed by atoms with Crippen molar-refractivity contribution < 1.29 is 42.7 Å². The molecule has 0 fully saturated rings. The molecule has 0 heterocycles. The van der Waals surface area contributed by atoms with Gasteiger partial charge in [-0.3, -0.25) is 4.79 Å². The highest BCUT2D eigenvalue weighted by Gasteiger charge is 1.99. The molecule has 0 rings (SSSR count). The summed E-state index contributed by atoms with van der Waals surface area (Å²) in [7, 11) is 0. The molecule has 0 aliphatic heterocycles. The van der Waals surface area contributed by atoms with Crippen molar-refractivity contribution in [2.75, 3.05) is 104 Å². The van der Waals surface area contributed by atoms with E-state index in [2.05, 4.69) is 22.6 Å². The zero-order valence-electron chi connectivity index (χ0n) is 18.3. The van der Waals surface area contributed by atoms with Crippen LogP contribution in [0.15, 0.2) is 0 Å². The van der Waals surface area contributed by atoms with Crippen molar-refractivity contribution in [3.8, 4) is 0 Å². The van der Waals surface area contributed by atoms with Gasteiger partial charge in [0.25, 0.3) is 0 Å². The van der Waals surface area contributed by atoms with Crippen molar-refractivity contribution >= 4 is 28.6 Å². The van der Waals surface area contributed by atoms with Crippen molar-refractivity contribution in [3.63, 3.8) is 0 Å². The molecular formula is C20H39IO9. The minimum atomic E-state index is -0.181. The Kier molecular flexibility index (Phi) is 26.9. The minimum Gasteiger partial charge on any atom is -0.463 e. The molecule has 0 bridgehead atoms. The summed E-state index contributed by atoms with van der Waals surface area (Å²) >= 11 is 2.27. The van der Waals surface area contributed by atoms with Crippen LogP contribution in [0.25, 0.3) is 0 Å². The van der Waals surface area contributed by atoms with Crippen LogP contribution in [0.2, 0.25) is 0 Å². The Hall–Kier alpha value is -0.0800. The van der Waals surface area contributed by atoms with Gasteiger partial charge in [-0.05, 0) is 6.42 Å². The number of halogens is 1. The van der Waals surface area contributed by atoms with E-state index < -0.39 is 0 Å². The van der Waals surface area contributed by atoms with Gasteiger partial charge < -0.3 is 37.9 Å². The topological polar surface area (TPSA) is 90.9 Å².